The maximum Gasteiger partial charge on any atom is 0.207 e. The molecule has 4 nitrogen and oxygen atoms in total. The lowest BCUT2D eigenvalue weighted by Gasteiger charge is -2.21. The van der Waals surface area contributed by atoms with Crippen LogP contribution in [0.2, 0.25) is 0 Å². The molecule has 1 aliphatic heterocycles. The Balaban J connectivity index is 2.25. The van der Waals surface area contributed by atoms with Gasteiger partial charge in [0.1, 0.15) is 12.4 Å². The average Bonchev–Trinajstić information content (AvgIpc) is 2.54. The number of hydrogen-bond acceptors (Lipinski definition) is 4. The highest BCUT2D eigenvalue weighted by molar-refractivity contribution is 5.57. The summed E-state index contributed by atoms with van der Waals surface area (Å²) >= 11 is 0. The van der Waals surface area contributed by atoms with Crippen molar-refractivity contribution in [3.8, 4) is 6.07 Å². The normalized spacial score (nSPS) is 20.2. The number of hydrogen-bond donors (Lipinski definition) is 0. The maximum atomic E-state index is 8.90. The van der Waals surface area contributed by atoms with Crippen molar-refractivity contribution in [3.63, 3.8) is 0 Å². The van der Waals surface area contributed by atoms with E-state index < -0.39 is 0 Å². The van der Waals surface area contributed by atoms with Crippen LogP contribution in [0.3, 0.4) is 0 Å². The van der Waals surface area contributed by atoms with Crippen molar-refractivity contribution in [2.75, 3.05) is 13.6 Å². The highest BCUT2D eigenvalue weighted by atomic mass is 15.6. The first-order chi connectivity index (χ1) is 6.79. The third kappa shape index (κ3) is 2.63. The molecule has 0 aromatic rings. The smallest absolute Gasteiger partial charge is 0.207 e. The zero-order valence-corrected chi connectivity index (χ0v) is 8.98. The first-order valence-corrected chi connectivity index (χ1v) is 5.22. The van der Waals surface area contributed by atoms with Gasteiger partial charge in [-0.2, -0.15) is 10.4 Å². The van der Waals surface area contributed by atoms with Gasteiger partial charge < -0.3 is 4.90 Å². The van der Waals surface area contributed by atoms with Crippen molar-refractivity contribution in [1.82, 2.24) is 9.91 Å². The lowest BCUT2D eigenvalue weighted by Crippen LogP contribution is -2.36. The van der Waals surface area contributed by atoms with Crippen molar-refractivity contribution >= 4 is 6.34 Å². The van der Waals surface area contributed by atoms with Gasteiger partial charge in [0, 0.05) is 13.6 Å². The number of rotatable bonds is 5. The summed E-state index contributed by atoms with van der Waals surface area (Å²) in [5, 5.41) is 14.9. The van der Waals surface area contributed by atoms with E-state index in [1.54, 1.807) is 6.34 Å². The summed E-state index contributed by atoms with van der Waals surface area (Å²) in [4.78, 5) is 1.83. The van der Waals surface area contributed by atoms with Crippen LogP contribution in [0.1, 0.15) is 32.6 Å². The third-order valence-electron chi connectivity index (χ3n) is 2.41. The zero-order chi connectivity index (χ0) is 10.4. The van der Waals surface area contributed by atoms with E-state index in [0.29, 0.717) is 0 Å². The highest BCUT2D eigenvalue weighted by Gasteiger charge is 2.23. The summed E-state index contributed by atoms with van der Waals surface area (Å²) in [6.45, 7) is 3.08. The van der Waals surface area contributed by atoms with Gasteiger partial charge in [-0.3, -0.25) is 5.01 Å². The van der Waals surface area contributed by atoms with Crippen LogP contribution >= 0.6 is 0 Å². The van der Waals surface area contributed by atoms with Gasteiger partial charge in [0.05, 0.1) is 0 Å². The van der Waals surface area contributed by atoms with E-state index in [4.69, 9.17) is 5.26 Å². The fraction of sp³-hybridized carbons (Fsp3) is 0.800. The Kier molecular flexibility index (Phi) is 4.24. The molecule has 0 aliphatic carbocycles. The molecule has 1 atom stereocenters. The van der Waals surface area contributed by atoms with Crippen LogP contribution in [-0.2, 0) is 0 Å². The largest absolute Gasteiger partial charge is 0.331 e. The van der Waals surface area contributed by atoms with Crippen LogP contribution in [0.4, 0.5) is 0 Å². The van der Waals surface area contributed by atoms with Crippen molar-refractivity contribution in [2.24, 2.45) is 5.10 Å². The van der Waals surface area contributed by atoms with Crippen molar-refractivity contribution in [3.05, 3.63) is 0 Å². The molecule has 0 spiro atoms. The Labute approximate surface area is 85.8 Å². The second-order valence-electron chi connectivity index (χ2n) is 3.62. The number of hydrazone groups is 1. The molecule has 0 aromatic heterocycles. The molecule has 0 radical (unpaired) electrons. The van der Waals surface area contributed by atoms with Gasteiger partial charge >= 0.3 is 0 Å². The molecule has 14 heavy (non-hydrogen) atoms. The average molecular weight is 194 g/mol. The monoisotopic (exact) mass is 194 g/mol. The fourth-order valence-corrected chi connectivity index (χ4v) is 1.52. The lowest BCUT2D eigenvalue weighted by atomic mass is 10.2. The van der Waals surface area contributed by atoms with Crippen molar-refractivity contribution < 1.29 is 0 Å². The molecule has 0 amide bonds. The Hall–Kier alpha value is -1.24. The van der Waals surface area contributed by atoms with Gasteiger partial charge in [0.15, 0.2) is 0 Å². The molecule has 0 bridgehead atoms. The first kappa shape index (κ1) is 10.8. The van der Waals surface area contributed by atoms with Gasteiger partial charge in [-0.1, -0.05) is 26.2 Å². The molecular formula is C10H18N4. The molecule has 1 aliphatic rings. The predicted octanol–water partition coefficient (Wildman–Crippen LogP) is 1.61. The van der Waals surface area contributed by atoms with Crippen LogP contribution in [0.5, 0.6) is 0 Å². The van der Waals surface area contributed by atoms with Crippen LogP contribution in [0.15, 0.2) is 5.10 Å². The zero-order valence-electron chi connectivity index (χ0n) is 8.98. The number of nitriles is 1. The van der Waals surface area contributed by atoms with Crippen LogP contribution in [0, 0.1) is 11.3 Å². The van der Waals surface area contributed by atoms with E-state index in [1.807, 2.05) is 17.0 Å². The van der Waals surface area contributed by atoms with Crippen molar-refractivity contribution in [1.29, 1.82) is 5.26 Å². The molecule has 1 unspecified atom stereocenters. The molecule has 0 N–H and O–H groups in total. The number of unbranched alkanes of at least 4 members (excludes halogenated alkanes) is 3. The van der Waals surface area contributed by atoms with Crippen LogP contribution in [0.25, 0.3) is 0 Å². The van der Waals surface area contributed by atoms with Gasteiger partial charge in [0.25, 0.3) is 0 Å². The standard InChI is InChI=1S/C10H18N4/c1-3-4-5-6-7-14-10(8-11)13(2)9-12-14/h9-10H,3-7H2,1-2H3. The molecule has 0 saturated carbocycles. The minimum atomic E-state index is -0.198. The molecule has 0 fully saturated rings. The molecule has 1 rings (SSSR count). The molecule has 4 heteroatoms. The number of nitrogens with zero attached hydrogens (tertiary/aromatic N) is 4. The molecule has 0 saturated heterocycles. The summed E-state index contributed by atoms with van der Waals surface area (Å²) in [5.74, 6) is 0. The van der Waals surface area contributed by atoms with E-state index in [1.165, 1.54) is 19.3 Å². The van der Waals surface area contributed by atoms with Crippen LogP contribution < -0.4 is 0 Å². The summed E-state index contributed by atoms with van der Waals surface area (Å²) in [6.07, 6.45) is 6.38. The minimum Gasteiger partial charge on any atom is -0.331 e. The fourth-order valence-electron chi connectivity index (χ4n) is 1.52. The molecule has 1 heterocycles. The lowest BCUT2D eigenvalue weighted by molar-refractivity contribution is 0.191. The van der Waals surface area contributed by atoms with Crippen molar-refractivity contribution in [2.45, 2.75) is 38.8 Å². The van der Waals surface area contributed by atoms with Crippen LogP contribution in [-0.4, -0.2) is 36.0 Å². The maximum absolute atomic E-state index is 8.90. The second-order valence-corrected chi connectivity index (χ2v) is 3.62. The first-order valence-electron chi connectivity index (χ1n) is 5.22. The predicted molar refractivity (Wildman–Crippen MR) is 56.5 cm³/mol. The molecular weight excluding hydrogens is 176 g/mol. The van der Waals surface area contributed by atoms with Gasteiger partial charge in [-0.25, -0.2) is 0 Å². The van der Waals surface area contributed by atoms with E-state index in [-0.39, 0.29) is 6.17 Å². The Morgan fingerprint density at radius 1 is 1.43 bits per heavy atom. The molecule has 0 aromatic carbocycles. The Bertz CT molecular complexity index is 231. The summed E-state index contributed by atoms with van der Waals surface area (Å²) in [5.41, 5.74) is 0. The molecule has 78 valence electrons. The summed E-state index contributed by atoms with van der Waals surface area (Å²) in [7, 11) is 1.88. The van der Waals surface area contributed by atoms with Gasteiger partial charge in [-0.15, -0.1) is 0 Å². The van der Waals surface area contributed by atoms with Gasteiger partial charge in [0.2, 0.25) is 6.17 Å². The second kappa shape index (κ2) is 5.48. The van der Waals surface area contributed by atoms with E-state index in [2.05, 4.69) is 18.1 Å². The van der Waals surface area contributed by atoms with Gasteiger partial charge in [-0.05, 0) is 6.42 Å². The summed E-state index contributed by atoms with van der Waals surface area (Å²) < 4.78 is 0. The third-order valence-corrected chi connectivity index (χ3v) is 2.41. The van der Waals surface area contributed by atoms with E-state index in [0.717, 1.165) is 13.0 Å². The quantitative estimate of drug-likeness (QED) is 0.624. The Morgan fingerprint density at radius 2 is 2.21 bits per heavy atom. The van der Waals surface area contributed by atoms with E-state index >= 15 is 0 Å². The topological polar surface area (TPSA) is 42.6 Å². The SMILES string of the molecule is CCCCCCN1N=CN(C)C1C#N. The Morgan fingerprint density at radius 3 is 2.86 bits per heavy atom. The summed E-state index contributed by atoms with van der Waals surface area (Å²) in [6, 6.07) is 2.23. The van der Waals surface area contributed by atoms with E-state index in [9.17, 15) is 0 Å². The minimum absolute atomic E-state index is 0.198. The highest BCUT2D eigenvalue weighted by Crippen LogP contribution is 2.11.